The molecule has 33 heavy (non-hydrogen) atoms. The fraction of sp³-hybridized carbons (Fsp3) is 0.815. The van der Waals surface area contributed by atoms with Crippen LogP contribution in [-0.2, 0) is 4.79 Å². The first-order valence-electron chi connectivity index (χ1n) is 13.0. The number of hydrogen-bond acceptors (Lipinski definition) is 3. The molecule has 2 N–H and O–H groups in total. The minimum absolute atomic E-state index is 0.0128. The Kier molecular flexibility index (Phi) is 8.28. The highest BCUT2D eigenvalue weighted by molar-refractivity contribution is 5.77. The molecule has 0 aromatic heterocycles. The van der Waals surface area contributed by atoms with Gasteiger partial charge in [-0.05, 0) is 60.5 Å². The van der Waals surface area contributed by atoms with Gasteiger partial charge < -0.3 is 20.5 Å². The number of urea groups is 1. The minimum Gasteiger partial charge on any atom is -0.343 e. The fourth-order valence-corrected chi connectivity index (χ4v) is 6.06. The van der Waals surface area contributed by atoms with E-state index in [2.05, 4.69) is 44.8 Å². The first-order valence-corrected chi connectivity index (χ1v) is 13.0. The average Bonchev–Trinajstić information content (AvgIpc) is 3.06. The number of hydrogen-bond donors (Lipinski definition) is 2. The highest BCUT2D eigenvalue weighted by atomic mass is 16.2. The molecule has 6 heteroatoms. The summed E-state index contributed by atoms with van der Waals surface area (Å²) in [5, 5.41) is 10.5. The zero-order valence-electron chi connectivity index (χ0n) is 21.6. The van der Waals surface area contributed by atoms with Crippen LogP contribution in [0.1, 0.15) is 79.6 Å². The van der Waals surface area contributed by atoms with E-state index in [1.165, 1.54) is 31.9 Å². The number of carbonyl (C=O) groups excluding carboxylic acids is 2. The van der Waals surface area contributed by atoms with E-state index in [1.807, 2.05) is 11.0 Å². The molecule has 186 valence electrons. The van der Waals surface area contributed by atoms with E-state index in [0.29, 0.717) is 37.4 Å². The van der Waals surface area contributed by atoms with Crippen LogP contribution in [0.15, 0.2) is 11.6 Å². The van der Waals surface area contributed by atoms with E-state index in [1.54, 1.807) is 0 Å². The molecular weight excluding hydrogens is 412 g/mol. The minimum atomic E-state index is -0.0818. The molecule has 3 unspecified atom stereocenters. The third-order valence-electron chi connectivity index (χ3n) is 8.90. The zero-order valence-corrected chi connectivity index (χ0v) is 21.6. The molecule has 0 aromatic rings. The van der Waals surface area contributed by atoms with Crippen LogP contribution in [0.4, 0.5) is 4.79 Å². The van der Waals surface area contributed by atoms with E-state index in [4.69, 9.17) is 5.41 Å². The van der Waals surface area contributed by atoms with Gasteiger partial charge in [0, 0.05) is 50.8 Å². The SMILES string of the molecule is CC1CCCC(CC(=O)N2CCC(C)(C(C)CNC(=O)N3CC(=CC=N)C(C)(C)C3)CC2)C1. The van der Waals surface area contributed by atoms with E-state index in [9.17, 15) is 9.59 Å². The quantitative estimate of drug-likeness (QED) is 0.544. The van der Waals surface area contributed by atoms with Crippen molar-refractivity contribution >= 4 is 18.2 Å². The van der Waals surface area contributed by atoms with Crippen molar-refractivity contribution in [2.75, 3.05) is 32.7 Å². The fourth-order valence-electron chi connectivity index (χ4n) is 6.06. The van der Waals surface area contributed by atoms with Crippen molar-refractivity contribution in [3.63, 3.8) is 0 Å². The number of nitrogens with one attached hydrogen (secondary N) is 2. The summed E-state index contributed by atoms with van der Waals surface area (Å²) in [6, 6.07) is -0.0128. The van der Waals surface area contributed by atoms with Gasteiger partial charge in [-0.15, -0.1) is 0 Å². The lowest BCUT2D eigenvalue weighted by atomic mass is 9.71. The summed E-state index contributed by atoms with van der Waals surface area (Å²) in [5.41, 5.74) is 1.19. The van der Waals surface area contributed by atoms with Crippen LogP contribution in [0.25, 0.3) is 0 Å². The first kappa shape index (κ1) is 25.8. The summed E-state index contributed by atoms with van der Waals surface area (Å²) in [5.74, 6) is 2.05. The normalized spacial score (nSPS) is 29.1. The van der Waals surface area contributed by atoms with Gasteiger partial charge in [-0.2, -0.15) is 0 Å². The van der Waals surface area contributed by atoms with Crippen molar-refractivity contribution in [3.8, 4) is 0 Å². The van der Waals surface area contributed by atoms with Crippen LogP contribution in [0.2, 0.25) is 0 Å². The second-order valence-electron chi connectivity index (χ2n) is 12.1. The summed E-state index contributed by atoms with van der Waals surface area (Å²) in [6.45, 7) is 14.7. The molecule has 2 saturated heterocycles. The summed E-state index contributed by atoms with van der Waals surface area (Å²) < 4.78 is 0. The predicted molar refractivity (Wildman–Crippen MR) is 134 cm³/mol. The number of rotatable bonds is 6. The smallest absolute Gasteiger partial charge is 0.317 e. The Labute approximate surface area is 201 Å². The molecule has 0 aromatic carbocycles. The summed E-state index contributed by atoms with van der Waals surface area (Å²) in [4.78, 5) is 29.6. The molecule has 1 saturated carbocycles. The second-order valence-corrected chi connectivity index (χ2v) is 12.1. The second kappa shape index (κ2) is 10.6. The van der Waals surface area contributed by atoms with Gasteiger partial charge in [0.05, 0.1) is 0 Å². The van der Waals surface area contributed by atoms with Gasteiger partial charge in [0.25, 0.3) is 0 Å². The van der Waals surface area contributed by atoms with Crippen LogP contribution in [0.3, 0.4) is 0 Å². The van der Waals surface area contributed by atoms with Gasteiger partial charge in [0.15, 0.2) is 0 Å². The summed E-state index contributed by atoms with van der Waals surface area (Å²) in [7, 11) is 0. The van der Waals surface area contributed by atoms with Crippen LogP contribution >= 0.6 is 0 Å². The first-order chi connectivity index (χ1) is 15.5. The maximum atomic E-state index is 12.9. The maximum Gasteiger partial charge on any atom is 0.317 e. The van der Waals surface area contributed by atoms with Crippen LogP contribution in [0, 0.1) is 34.0 Å². The van der Waals surface area contributed by atoms with Crippen molar-refractivity contribution in [2.24, 2.45) is 28.6 Å². The average molecular weight is 459 g/mol. The van der Waals surface area contributed by atoms with Crippen LogP contribution in [0.5, 0.6) is 0 Å². The van der Waals surface area contributed by atoms with Gasteiger partial charge in [0.1, 0.15) is 0 Å². The largest absolute Gasteiger partial charge is 0.343 e. The molecule has 3 amide bonds. The van der Waals surface area contributed by atoms with Crippen molar-refractivity contribution in [1.29, 1.82) is 5.41 Å². The lowest BCUT2D eigenvalue weighted by Crippen LogP contribution is -2.48. The molecular formula is C27H46N4O2. The van der Waals surface area contributed by atoms with Crippen molar-refractivity contribution < 1.29 is 9.59 Å². The predicted octanol–water partition coefficient (Wildman–Crippen LogP) is 5.09. The highest BCUT2D eigenvalue weighted by Crippen LogP contribution is 2.39. The zero-order chi connectivity index (χ0) is 24.2. The Morgan fingerprint density at radius 1 is 1.18 bits per heavy atom. The number of likely N-dealkylation sites (tertiary alicyclic amines) is 2. The lowest BCUT2D eigenvalue weighted by molar-refractivity contribution is -0.135. The Hall–Kier alpha value is -1.85. The molecule has 0 bridgehead atoms. The third kappa shape index (κ3) is 6.39. The van der Waals surface area contributed by atoms with Crippen LogP contribution in [-0.4, -0.2) is 60.7 Å². The van der Waals surface area contributed by atoms with E-state index < -0.39 is 0 Å². The molecule has 2 aliphatic heterocycles. The highest BCUT2D eigenvalue weighted by Gasteiger charge is 2.39. The Morgan fingerprint density at radius 2 is 1.88 bits per heavy atom. The van der Waals surface area contributed by atoms with Crippen molar-refractivity contribution in [3.05, 3.63) is 11.6 Å². The molecule has 3 atom stereocenters. The topological polar surface area (TPSA) is 76.5 Å². The molecule has 3 fully saturated rings. The van der Waals surface area contributed by atoms with Gasteiger partial charge in [-0.25, -0.2) is 4.79 Å². The van der Waals surface area contributed by atoms with Gasteiger partial charge in [0.2, 0.25) is 5.91 Å². The van der Waals surface area contributed by atoms with Crippen molar-refractivity contribution in [1.82, 2.24) is 15.1 Å². The molecule has 3 rings (SSSR count). The Bertz CT molecular complexity index is 751. The Morgan fingerprint density at radius 3 is 2.52 bits per heavy atom. The molecule has 3 aliphatic rings. The lowest BCUT2D eigenvalue weighted by Gasteiger charge is -2.44. The molecule has 0 radical (unpaired) electrons. The van der Waals surface area contributed by atoms with Crippen molar-refractivity contribution in [2.45, 2.75) is 79.6 Å². The molecule has 0 spiro atoms. The standard InChI is InChI=1S/C27H46N4O2/c1-20-7-6-8-22(15-20)16-24(32)30-13-10-27(5,11-14-30)21(2)17-29-25(33)31-18-23(9-12-28)26(3,4)19-31/h9,12,20-22,28H,6-8,10-11,13-19H2,1-5H3,(H,29,33). The van der Waals surface area contributed by atoms with E-state index >= 15 is 0 Å². The molecule has 1 aliphatic carbocycles. The molecule has 2 heterocycles. The summed E-state index contributed by atoms with van der Waals surface area (Å²) >= 11 is 0. The molecule has 6 nitrogen and oxygen atoms in total. The number of amides is 3. The third-order valence-corrected chi connectivity index (χ3v) is 8.90. The van der Waals surface area contributed by atoms with E-state index in [0.717, 1.165) is 43.8 Å². The van der Waals surface area contributed by atoms with Gasteiger partial charge in [-0.1, -0.05) is 47.5 Å². The number of nitrogens with zero attached hydrogens (tertiary/aromatic N) is 2. The summed E-state index contributed by atoms with van der Waals surface area (Å²) in [6.07, 6.45) is 10.9. The number of carbonyl (C=O) groups is 2. The van der Waals surface area contributed by atoms with E-state index in [-0.39, 0.29) is 16.9 Å². The number of allylic oxidation sites excluding steroid dienone is 1. The van der Waals surface area contributed by atoms with Gasteiger partial charge in [-0.3, -0.25) is 4.79 Å². The number of piperidine rings is 1. The monoisotopic (exact) mass is 458 g/mol. The van der Waals surface area contributed by atoms with Gasteiger partial charge >= 0.3 is 6.03 Å². The Balaban J connectivity index is 1.44. The maximum absolute atomic E-state index is 12.9. The van der Waals surface area contributed by atoms with Crippen LogP contribution < -0.4 is 5.32 Å².